The fourth-order valence-electron chi connectivity index (χ4n) is 15.3. The summed E-state index contributed by atoms with van der Waals surface area (Å²) >= 11 is 1.87. The summed E-state index contributed by atoms with van der Waals surface area (Å²) in [5.41, 5.74) is 22.6. The molecule has 0 aliphatic heterocycles. The molecular formula is C84H50N4OS. The predicted octanol–water partition coefficient (Wildman–Crippen LogP) is 23.3. The minimum atomic E-state index is 0.896. The van der Waals surface area contributed by atoms with Gasteiger partial charge in [0.05, 0.1) is 44.1 Å². The van der Waals surface area contributed by atoms with Crippen molar-refractivity contribution in [1.82, 2.24) is 18.3 Å². The lowest BCUT2D eigenvalue weighted by molar-refractivity contribution is 0.669. The van der Waals surface area contributed by atoms with Gasteiger partial charge in [-0.05, 0) is 137 Å². The topological polar surface area (TPSA) is 32.9 Å². The van der Waals surface area contributed by atoms with E-state index in [4.69, 9.17) is 4.42 Å². The van der Waals surface area contributed by atoms with Crippen LogP contribution in [0.4, 0.5) is 0 Å². The molecule has 0 atom stereocenters. The van der Waals surface area contributed by atoms with Gasteiger partial charge in [-0.1, -0.05) is 200 Å². The molecule has 0 unspecified atom stereocenters. The zero-order valence-electron chi connectivity index (χ0n) is 48.5. The van der Waals surface area contributed by atoms with Gasteiger partial charge in [-0.2, -0.15) is 0 Å². The maximum absolute atomic E-state index is 6.35. The summed E-state index contributed by atoms with van der Waals surface area (Å²) in [5, 5.41) is 14.6. The van der Waals surface area contributed by atoms with E-state index < -0.39 is 0 Å². The summed E-state index contributed by atoms with van der Waals surface area (Å²) in [6.07, 6.45) is 0. The van der Waals surface area contributed by atoms with Crippen molar-refractivity contribution in [3.63, 3.8) is 0 Å². The van der Waals surface area contributed by atoms with Crippen molar-refractivity contribution >= 4 is 141 Å². The third-order valence-electron chi connectivity index (χ3n) is 19.2. The number of hydrogen-bond donors (Lipinski definition) is 0. The van der Waals surface area contributed by atoms with Crippen molar-refractivity contribution in [3.8, 4) is 56.1 Å². The van der Waals surface area contributed by atoms with Crippen LogP contribution in [0, 0.1) is 0 Å². The molecule has 0 saturated carbocycles. The van der Waals surface area contributed by atoms with Gasteiger partial charge in [0.2, 0.25) is 0 Å². The zero-order valence-corrected chi connectivity index (χ0v) is 49.3. The Morgan fingerprint density at radius 2 is 0.622 bits per heavy atom. The van der Waals surface area contributed by atoms with Crippen LogP contribution in [0.2, 0.25) is 0 Å². The summed E-state index contributed by atoms with van der Waals surface area (Å²) in [5.74, 6) is 0. The van der Waals surface area contributed by atoms with E-state index in [0.29, 0.717) is 0 Å². The fraction of sp³-hybridized carbons (Fsp3) is 0. The Kier molecular flexibility index (Phi) is 10.4. The molecule has 6 aromatic heterocycles. The van der Waals surface area contributed by atoms with Gasteiger partial charge in [0.15, 0.2) is 0 Å². The SMILES string of the molecule is c1ccc(-n2c3ccc(-c4ccc5c6ccc7c8ccccc8n(-c8ccccc8)c7c6n(-c6ccc(-c7cccc8sc9ccccc9c78)cc6)c5c4)cc3c3ccc4c5ccccc5n(-c5ccc(-c6cccc7oc8ccccc8c67)cc5)c4c32)cc1. The van der Waals surface area contributed by atoms with E-state index in [-0.39, 0.29) is 0 Å². The van der Waals surface area contributed by atoms with Crippen LogP contribution in [0.5, 0.6) is 0 Å². The number of rotatable bonds is 7. The maximum Gasteiger partial charge on any atom is 0.136 e. The third-order valence-corrected chi connectivity index (χ3v) is 20.3. The zero-order chi connectivity index (χ0) is 58.7. The van der Waals surface area contributed by atoms with E-state index in [9.17, 15) is 0 Å². The molecule has 0 spiro atoms. The van der Waals surface area contributed by atoms with Crippen molar-refractivity contribution in [3.05, 3.63) is 303 Å². The number of benzene rings is 14. The number of fused-ring (bicyclic) bond motifs is 20. The summed E-state index contributed by atoms with van der Waals surface area (Å²) in [7, 11) is 0. The normalized spacial score (nSPS) is 12.2. The van der Waals surface area contributed by atoms with E-state index in [1.165, 1.54) is 102 Å². The second-order valence-electron chi connectivity index (χ2n) is 23.9. The number of nitrogens with zero attached hydrogens (tertiary/aromatic N) is 4. The first kappa shape index (κ1) is 49.4. The molecule has 0 fully saturated rings. The number of furan rings is 1. The minimum absolute atomic E-state index is 0.896. The molecule has 0 aliphatic rings. The van der Waals surface area contributed by atoms with Crippen LogP contribution in [-0.2, 0) is 0 Å². The monoisotopic (exact) mass is 1160 g/mol. The quantitative estimate of drug-likeness (QED) is 0.157. The molecule has 0 bridgehead atoms. The van der Waals surface area contributed by atoms with Gasteiger partial charge in [-0.3, -0.25) is 0 Å². The maximum atomic E-state index is 6.35. The molecule has 0 radical (unpaired) electrons. The van der Waals surface area contributed by atoms with Crippen LogP contribution in [0.1, 0.15) is 0 Å². The number of thiophene rings is 1. The van der Waals surface area contributed by atoms with E-state index in [0.717, 1.165) is 83.5 Å². The second kappa shape index (κ2) is 18.9. The molecule has 14 aromatic carbocycles. The van der Waals surface area contributed by atoms with Crippen molar-refractivity contribution in [2.24, 2.45) is 0 Å². The van der Waals surface area contributed by atoms with Gasteiger partial charge in [-0.25, -0.2) is 0 Å². The van der Waals surface area contributed by atoms with Crippen LogP contribution in [0.15, 0.2) is 308 Å². The van der Waals surface area contributed by atoms with Gasteiger partial charge in [0.25, 0.3) is 0 Å². The average Bonchev–Trinajstić information content (AvgIpc) is 1.60. The van der Waals surface area contributed by atoms with Gasteiger partial charge in [-0.15, -0.1) is 11.3 Å². The Labute approximate surface area is 519 Å². The molecule has 0 saturated heterocycles. The molecular weight excluding hydrogens is 1110 g/mol. The fourth-order valence-corrected chi connectivity index (χ4v) is 16.4. The van der Waals surface area contributed by atoms with E-state index in [1.54, 1.807) is 0 Å². The average molecular weight is 1160 g/mol. The molecule has 90 heavy (non-hydrogen) atoms. The standard InChI is InChI=1S/C84H50N4OS/c1-3-17-55(18-4-1)85-71-27-11-7-21-61(71)64-44-45-66-63-43-37-54(50-74(63)88(83(66)81(64)85)58-41-35-52(36-42-58)60-26-16-32-78-80(60)69-24-10-14-31-77(69)90-78)53-38-48-73-70(49-53)67-47-46-65-62-22-8-12-28-72(62)87(82(65)84(67)86(73)56-19-5-2-6-20-56)57-39-33-51(34-40-57)59-25-15-30-76-79(59)68-23-9-13-29-75(68)89-76/h1-50H. The lowest BCUT2D eigenvalue weighted by atomic mass is 9.99. The van der Waals surface area contributed by atoms with Crippen molar-refractivity contribution in [1.29, 1.82) is 0 Å². The van der Waals surface area contributed by atoms with Crippen molar-refractivity contribution in [2.45, 2.75) is 0 Å². The van der Waals surface area contributed by atoms with Gasteiger partial charge in [0, 0.05) is 96.8 Å². The molecule has 20 rings (SSSR count). The molecule has 0 aliphatic carbocycles. The minimum Gasteiger partial charge on any atom is -0.456 e. The Hall–Kier alpha value is -11.7. The Morgan fingerprint density at radius 1 is 0.222 bits per heavy atom. The first-order valence-corrected chi connectivity index (χ1v) is 31.6. The molecule has 0 N–H and O–H groups in total. The third kappa shape index (κ3) is 7.02. The Balaban J connectivity index is 0.807. The van der Waals surface area contributed by atoms with Crippen LogP contribution >= 0.6 is 11.3 Å². The number of para-hydroxylation sites is 5. The lowest BCUT2D eigenvalue weighted by Gasteiger charge is -2.14. The summed E-state index contributed by atoms with van der Waals surface area (Å²) in [6, 6.07) is 112. The molecule has 0 amide bonds. The summed E-state index contributed by atoms with van der Waals surface area (Å²) in [4.78, 5) is 0. The first-order chi connectivity index (χ1) is 44.7. The van der Waals surface area contributed by atoms with Crippen LogP contribution < -0.4 is 0 Å². The van der Waals surface area contributed by atoms with Crippen molar-refractivity contribution in [2.75, 3.05) is 0 Å². The van der Waals surface area contributed by atoms with Gasteiger partial charge in [0.1, 0.15) is 11.2 Å². The van der Waals surface area contributed by atoms with E-state index in [2.05, 4.69) is 316 Å². The highest BCUT2D eigenvalue weighted by atomic mass is 32.1. The van der Waals surface area contributed by atoms with Crippen molar-refractivity contribution < 1.29 is 4.42 Å². The van der Waals surface area contributed by atoms with Crippen LogP contribution in [0.3, 0.4) is 0 Å². The Bertz CT molecular complexity index is 6370. The van der Waals surface area contributed by atoms with Crippen LogP contribution in [-0.4, -0.2) is 18.3 Å². The molecule has 6 heteroatoms. The number of hydrogen-bond acceptors (Lipinski definition) is 2. The number of aromatic nitrogens is 4. The highest BCUT2D eigenvalue weighted by Crippen LogP contribution is 2.47. The molecule has 418 valence electrons. The first-order valence-electron chi connectivity index (χ1n) is 30.8. The molecule has 6 heterocycles. The molecule has 5 nitrogen and oxygen atoms in total. The predicted molar refractivity (Wildman–Crippen MR) is 380 cm³/mol. The molecule has 20 aromatic rings. The smallest absolute Gasteiger partial charge is 0.136 e. The summed E-state index contributed by atoms with van der Waals surface area (Å²) in [6.45, 7) is 0. The van der Waals surface area contributed by atoms with Crippen LogP contribution in [0.25, 0.3) is 185 Å². The van der Waals surface area contributed by atoms with E-state index in [1.807, 2.05) is 17.4 Å². The van der Waals surface area contributed by atoms with E-state index >= 15 is 0 Å². The Morgan fingerprint density at radius 3 is 1.23 bits per heavy atom. The van der Waals surface area contributed by atoms with Gasteiger partial charge >= 0.3 is 0 Å². The highest BCUT2D eigenvalue weighted by Gasteiger charge is 2.25. The largest absolute Gasteiger partial charge is 0.456 e. The van der Waals surface area contributed by atoms with Gasteiger partial charge < -0.3 is 22.7 Å². The highest BCUT2D eigenvalue weighted by molar-refractivity contribution is 7.26. The lowest BCUT2D eigenvalue weighted by Crippen LogP contribution is -1.99. The second-order valence-corrected chi connectivity index (χ2v) is 25.0. The summed E-state index contributed by atoms with van der Waals surface area (Å²) < 4.78 is 19.0.